The summed E-state index contributed by atoms with van der Waals surface area (Å²) in [4.78, 5) is 13.3. The van der Waals surface area contributed by atoms with E-state index in [-0.39, 0.29) is 0 Å². The predicted octanol–water partition coefficient (Wildman–Crippen LogP) is 2.88. The molecule has 1 saturated heterocycles. The minimum atomic E-state index is 0.400. The summed E-state index contributed by atoms with van der Waals surface area (Å²) in [7, 11) is 5.61. The van der Waals surface area contributed by atoms with Crippen LogP contribution in [0.15, 0.2) is 24.3 Å². The lowest BCUT2D eigenvalue weighted by molar-refractivity contribution is 0.414. The van der Waals surface area contributed by atoms with Crippen molar-refractivity contribution in [3.63, 3.8) is 0 Å². The SMILES string of the molecule is COc1ccc(Cl)cc1N1CC[C@H](NCc2cc(C)nc(N(C)C)n2)C1. The third-order valence-corrected chi connectivity index (χ3v) is 4.77. The average Bonchev–Trinajstić information content (AvgIpc) is 3.08. The summed E-state index contributed by atoms with van der Waals surface area (Å²) in [5.74, 6) is 1.61. The summed E-state index contributed by atoms with van der Waals surface area (Å²) in [5.41, 5.74) is 3.05. The van der Waals surface area contributed by atoms with Crippen LogP contribution in [0.4, 0.5) is 11.6 Å². The van der Waals surface area contributed by atoms with E-state index in [9.17, 15) is 0 Å². The normalized spacial score (nSPS) is 16.8. The molecule has 0 spiro atoms. The Balaban J connectivity index is 1.63. The summed E-state index contributed by atoms with van der Waals surface area (Å²) < 4.78 is 5.48. The largest absolute Gasteiger partial charge is 0.495 e. The van der Waals surface area contributed by atoms with Crippen molar-refractivity contribution < 1.29 is 4.74 Å². The standard InChI is InChI=1S/C19H26ClN5O/c1-13-9-16(23-19(22-13)24(2)3)11-21-15-7-8-25(12-15)17-10-14(20)5-6-18(17)26-4/h5-6,9-10,15,21H,7-8,11-12H2,1-4H3/t15-/m0/s1. The second-order valence-electron chi connectivity index (χ2n) is 6.82. The fourth-order valence-electron chi connectivity index (χ4n) is 3.21. The van der Waals surface area contributed by atoms with Crippen molar-refractivity contribution in [2.45, 2.75) is 25.9 Å². The van der Waals surface area contributed by atoms with Crippen LogP contribution in [-0.2, 0) is 6.54 Å². The minimum absolute atomic E-state index is 0.400. The lowest BCUT2D eigenvalue weighted by atomic mass is 10.2. The van der Waals surface area contributed by atoms with E-state index in [0.717, 1.165) is 59.9 Å². The van der Waals surface area contributed by atoms with Gasteiger partial charge in [0.15, 0.2) is 0 Å². The van der Waals surface area contributed by atoms with Crippen molar-refractivity contribution >= 4 is 23.2 Å². The molecular formula is C19H26ClN5O. The first-order chi connectivity index (χ1) is 12.5. The second kappa shape index (κ2) is 8.10. The summed E-state index contributed by atoms with van der Waals surface area (Å²) >= 11 is 6.17. The van der Waals surface area contributed by atoms with Crippen molar-refractivity contribution in [3.8, 4) is 5.75 Å². The van der Waals surface area contributed by atoms with Crippen LogP contribution in [0, 0.1) is 6.92 Å². The molecule has 1 fully saturated rings. The zero-order valence-electron chi connectivity index (χ0n) is 15.8. The molecule has 6 nitrogen and oxygen atoms in total. The Bertz CT molecular complexity index is 768. The highest BCUT2D eigenvalue weighted by Gasteiger charge is 2.24. The first-order valence-corrected chi connectivity index (χ1v) is 9.18. The van der Waals surface area contributed by atoms with Gasteiger partial charge in [-0.3, -0.25) is 0 Å². The fraction of sp³-hybridized carbons (Fsp3) is 0.474. The summed E-state index contributed by atoms with van der Waals surface area (Å²) in [6.07, 6.45) is 1.07. The highest BCUT2D eigenvalue weighted by Crippen LogP contribution is 2.33. The van der Waals surface area contributed by atoms with Gasteiger partial charge < -0.3 is 19.9 Å². The van der Waals surface area contributed by atoms with Crippen molar-refractivity contribution in [2.75, 3.05) is 44.1 Å². The van der Waals surface area contributed by atoms with Crippen LogP contribution < -0.4 is 19.9 Å². The van der Waals surface area contributed by atoms with E-state index in [1.54, 1.807) is 7.11 Å². The lowest BCUT2D eigenvalue weighted by Crippen LogP contribution is -2.32. The van der Waals surface area contributed by atoms with E-state index in [1.807, 2.05) is 50.2 Å². The third-order valence-electron chi connectivity index (χ3n) is 4.54. The molecule has 7 heteroatoms. The maximum absolute atomic E-state index is 6.17. The minimum Gasteiger partial charge on any atom is -0.495 e. The number of rotatable bonds is 6. The van der Waals surface area contributed by atoms with Crippen LogP contribution in [-0.4, -0.2) is 50.3 Å². The summed E-state index contributed by atoms with van der Waals surface area (Å²) in [5, 5.41) is 4.35. The van der Waals surface area contributed by atoms with E-state index in [4.69, 9.17) is 16.3 Å². The van der Waals surface area contributed by atoms with Gasteiger partial charge in [0.1, 0.15) is 5.75 Å². The van der Waals surface area contributed by atoms with Crippen LogP contribution in [0.1, 0.15) is 17.8 Å². The third kappa shape index (κ3) is 4.37. The molecule has 140 valence electrons. The predicted molar refractivity (Wildman–Crippen MR) is 107 cm³/mol. The topological polar surface area (TPSA) is 53.5 Å². The number of anilines is 2. The first-order valence-electron chi connectivity index (χ1n) is 8.80. The molecule has 1 aromatic carbocycles. The molecule has 1 N–H and O–H groups in total. The van der Waals surface area contributed by atoms with Gasteiger partial charge in [0.05, 0.1) is 18.5 Å². The molecule has 3 rings (SSSR count). The Hall–Kier alpha value is -2.05. The number of ether oxygens (including phenoxy) is 1. The molecule has 0 aliphatic carbocycles. The first kappa shape index (κ1) is 18.7. The zero-order valence-corrected chi connectivity index (χ0v) is 16.5. The van der Waals surface area contributed by atoms with Crippen molar-refractivity contribution in [1.29, 1.82) is 0 Å². The van der Waals surface area contributed by atoms with E-state index < -0.39 is 0 Å². The molecule has 0 radical (unpaired) electrons. The van der Waals surface area contributed by atoms with Crippen molar-refractivity contribution in [2.24, 2.45) is 0 Å². The highest BCUT2D eigenvalue weighted by molar-refractivity contribution is 6.30. The molecule has 0 unspecified atom stereocenters. The Morgan fingerprint density at radius 1 is 1.31 bits per heavy atom. The number of aromatic nitrogens is 2. The van der Waals surface area contributed by atoms with Crippen LogP contribution >= 0.6 is 11.6 Å². The maximum Gasteiger partial charge on any atom is 0.225 e. The summed E-state index contributed by atoms with van der Waals surface area (Å²) in [6.45, 7) is 4.62. The van der Waals surface area contributed by atoms with Crippen molar-refractivity contribution in [3.05, 3.63) is 40.7 Å². The Kier molecular flexibility index (Phi) is 5.84. The Labute approximate surface area is 160 Å². The lowest BCUT2D eigenvalue weighted by Gasteiger charge is -2.22. The number of nitrogens with zero attached hydrogens (tertiary/aromatic N) is 4. The Morgan fingerprint density at radius 3 is 2.85 bits per heavy atom. The van der Waals surface area contributed by atoms with Crippen LogP contribution in [0.2, 0.25) is 5.02 Å². The monoisotopic (exact) mass is 375 g/mol. The van der Waals surface area contributed by atoms with Gasteiger partial charge in [-0.25, -0.2) is 9.97 Å². The van der Waals surface area contributed by atoms with Gasteiger partial charge in [0, 0.05) is 50.5 Å². The van der Waals surface area contributed by atoms with Crippen molar-refractivity contribution in [1.82, 2.24) is 15.3 Å². The molecule has 0 saturated carbocycles. The smallest absolute Gasteiger partial charge is 0.225 e. The van der Waals surface area contributed by atoms with Gasteiger partial charge in [-0.2, -0.15) is 0 Å². The van der Waals surface area contributed by atoms with E-state index in [2.05, 4.69) is 20.2 Å². The van der Waals surface area contributed by atoms with E-state index in [0.29, 0.717) is 6.04 Å². The molecule has 1 aliphatic rings. The molecule has 2 aromatic rings. The number of hydrogen-bond donors (Lipinski definition) is 1. The van der Waals surface area contributed by atoms with Gasteiger partial charge >= 0.3 is 0 Å². The number of nitrogens with one attached hydrogen (secondary N) is 1. The fourth-order valence-corrected chi connectivity index (χ4v) is 3.38. The highest BCUT2D eigenvalue weighted by atomic mass is 35.5. The number of methoxy groups -OCH3 is 1. The molecule has 1 aromatic heterocycles. The number of halogens is 1. The van der Waals surface area contributed by atoms with Gasteiger partial charge in [-0.15, -0.1) is 0 Å². The number of hydrogen-bond acceptors (Lipinski definition) is 6. The second-order valence-corrected chi connectivity index (χ2v) is 7.26. The van der Waals surface area contributed by atoms with Crippen LogP contribution in [0.5, 0.6) is 5.75 Å². The van der Waals surface area contributed by atoms with Gasteiger partial charge in [0.25, 0.3) is 0 Å². The average molecular weight is 376 g/mol. The Morgan fingerprint density at radius 2 is 2.12 bits per heavy atom. The molecule has 0 bridgehead atoms. The van der Waals surface area contributed by atoms with E-state index >= 15 is 0 Å². The quantitative estimate of drug-likeness (QED) is 0.837. The maximum atomic E-state index is 6.17. The molecule has 26 heavy (non-hydrogen) atoms. The number of benzene rings is 1. The summed E-state index contributed by atoms with van der Waals surface area (Å²) in [6, 6.07) is 8.18. The zero-order chi connectivity index (χ0) is 18.7. The molecular weight excluding hydrogens is 350 g/mol. The number of aryl methyl sites for hydroxylation is 1. The molecule has 1 atom stereocenters. The van der Waals surface area contributed by atoms with Gasteiger partial charge in [-0.1, -0.05) is 11.6 Å². The molecule has 1 aliphatic heterocycles. The molecule has 0 amide bonds. The molecule has 2 heterocycles. The van der Waals surface area contributed by atoms with Crippen LogP contribution in [0.25, 0.3) is 0 Å². The van der Waals surface area contributed by atoms with Gasteiger partial charge in [-0.05, 0) is 37.6 Å². The van der Waals surface area contributed by atoms with Gasteiger partial charge in [0.2, 0.25) is 5.95 Å². The van der Waals surface area contributed by atoms with Crippen LogP contribution in [0.3, 0.4) is 0 Å². The van der Waals surface area contributed by atoms with E-state index in [1.165, 1.54) is 0 Å².